The Morgan fingerprint density at radius 3 is 2.74 bits per heavy atom. The first-order valence-electron chi connectivity index (χ1n) is 5.91. The van der Waals surface area contributed by atoms with E-state index in [2.05, 4.69) is 35.9 Å². The van der Waals surface area contributed by atoms with Gasteiger partial charge in [0.25, 0.3) is 5.69 Å². The van der Waals surface area contributed by atoms with Crippen LogP contribution in [-0.4, -0.2) is 4.92 Å². The van der Waals surface area contributed by atoms with Gasteiger partial charge in [-0.25, -0.2) is 0 Å². The molecular weight excluding hydrogens is 326 g/mol. The Hall–Kier alpha value is -1.07. The number of non-ortho nitro benzene ring substituents is 1. The number of thioether (sulfide) groups is 1. The van der Waals surface area contributed by atoms with Crippen LogP contribution in [0.2, 0.25) is 0 Å². The molecule has 5 heteroatoms. The molecule has 0 aliphatic heterocycles. The maximum Gasteiger partial charge on any atom is 0.270 e. The molecule has 0 aromatic heterocycles. The Labute approximate surface area is 126 Å². The first-order chi connectivity index (χ1) is 8.95. The van der Waals surface area contributed by atoms with Crippen LogP contribution in [0.5, 0.6) is 0 Å². The van der Waals surface area contributed by atoms with Crippen molar-refractivity contribution in [2.24, 2.45) is 0 Å². The normalized spacial score (nSPS) is 13.2. The van der Waals surface area contributed by atoms with Crippen molar-refractivity contribution in [1.29, 1.82) is 0 Å². The quantitative estimate of drug-likeness (QED) is 0.507. The van der Waals surface area contributed by atoms with Gasteiger partial charge in [0, 0.05) is 12.1 Å². The van der Waals surface area contributed by atoms with Crippen molar-refractivity contribution in [3.63, 3.8) is 0 Å². The number of hydrogen-bond acceptors (Lipinski definition) is 3. The lowest BCUT2D eigenvalue weighted by molar-refractivity contribution is -0.384. The number of hydrogen-bond donors (Lipinski definition) is 0. The third-order valence-electron chi connectivity index (χ3n) is 2.53. The molecule has 0 fully saturated rings. The zero-order valence-electron chi connectivity index (χ0n) is 11.1. The zero-order valence-corrected chi connectivity index (χ0v) is 13.5. The Morgan fingerprint density at radius 1 is 1.47 bits per heavy atom. The van der Waals surface area contributed by atoms with Gasteiger partial charge in [-0.3, -0.25) is 10.1 Å². The van der Waals surface area contributed by atoms with Crippen molar-refractivity contribution in [3.8, 4) is 0 Å². The van der Waals surface area contributed by atoms with Crippen LogP contribution in [0.25, 0.3) is 5.57 Å². The molecule has 0 aliphatic carbocycles. The third-order valence-corrected chi connectivity index (χ3v) is 4.58. The van der Waals surface area contributed by atoms with Crippen LogP contribution in [0.4, 0.5) is 5.69 Å². The van der Waals surface area contributed by atoms with E-state index >= 15 is 0 Å². The van der Waals surface area contributed by atoms with Crippen molar-refractivity contribution in [1.82, 2.24) is 0 Å². The molecular formula is C14H16BrNO2S. The lowest BCUT2D eigenvalue weighted by Crippen LogP contribution is -1.89. The molecule has 0 saturated heterocycles. The minimum absolute atomic E-state index is 0.114. The van der Waals surface area contributed by atoms with E-state index in [-0.39, 0.29) is 10.6 Å². The molecule has 0 amide bonds. The number of halogens is 1. The molecule has 0 bridgehead atoms. The molecule has 1 aromatic carbocycles. The lowest BCUT2D eigenvalue weighted by Gasteiger charge is -2.06. The number of allylic oxidation sites excluding steroid dienone is 3. The predicted octanol–water partition coefficient (Wildman–Crippen LogP) is 5.73. The summed E-state index contributed by atoms with van der Waals surface area (Å²) in [7, 11) is 0. The van der Waals surface area contributed by atoms with Crippen molar-refractivity contribution >= 4 is 39.0 Å². The summed E-state index contributed by atoms with van der Waals surface area (Å²) in [4.78, 5) is 11.6. The van der Waals surface area contributed by atoms with E-state index in [9.17, 15) is 10.1 Å². The van der Waals surface area contributed by atoms with Crippen molar-refractivity contribution in [2.75, 3.05) is 0 Å². The van der Waals surface area contributed by atoms with Crippen LogP contribution in [0.15, 0.2) is 39.1 Å². The summed E-state index contributed by atoms with van der Waals surface area (Å²) in [6.07, 6.45) is 3.14. The number of rotatable bonds is 5. The van der Waals surface area contributed by atoms with Gasteiger partial charge >= 0.3 is 0 Å². The molecule has 0 aliphatic rings. The summed E-state index contributed by atoms with van der Waals surface area (Å²) in [5.41, 5.74) is 1.97. The molecule has 102 valence electrons. The van der Waals surface area contributed by atoms with Gasteiger partial charge in [-0.05, 0) is 52.2 Å². The Morgan fingerprint density at radius 2 is 2.16 bits per heavy atom. The Balaban J connectivity index is 3.04. The highest BCUT2D eigenvalue weighted by molar-refractivity contribution is 9.14. The van der Waals surface area contributed by atoms with E-state index in [0.717, 1.165) is 21.4 Å². The highest BCUT2D eigenvalue weighted by Crippen LogP contribution is 2.36. The molecule has 1 aromatic rings. The first-order valence-corrected chi connectivity index (χ1v) is 7.52. The summed E-state index contributed by atoms with van der Waals surface area (Å²) in [6.45, 7) is 6.10. The van der Waals surface area contributed by atoms with Gasteiger partial charge in [-0.2, -0.15) is 0 Å². The van der Waals surface area contributed by atoms with Crippen molar-refractivity contribution < 1.29 is 4.92 Å². The predicted molar refractivity (Wildman–Crippen MR) is 86.3 cm³/mol. The fraction of sp³-hybridized carbons (Fsp3) is 0.286. The third kappa shape index (κ3) is 4.84. The van der Waals surface area contributed by atoms with Gasteiger partial charge < -0.3 is 0 Å². The smallest absolute Gasteiger partial charge is 0.258 e. The summed E-state index contributed by atoms with van der Waals surface area (Å²) in [6, 6.07) is 6.68. The van der Waals surface area contributed by atoms with Crippen LogP contribution in [0, 0.1) is 10.1 Å². The molecule has 0 unspecified atom stereocenters. The fourth-order valence-corrected chi connectivity index (χ4v) is 3.31. The molecule has 0 saturated carbocycles. The van der Waals surface area contributed by atoms with Crippen LogP contribution >= 0.6 is 27.7 Å². The summed E-state index contributed by atoms with van der Waals surface area (Å²) >= 11 is 5.17. The monoisotopic (exact) mass is 341 g/mol. The number of nitro benzene ring substituents is 1. The van der Waals surface area contributed by atoms with Crippen LogP contribution < -0.4 is 0 Å². The Kier molecular flexibility index (Phi) is 6.31. The highest BCUT2D eigenvalue weighted by Gasteiger charge is 2.09. The zero-order chi connectivity index (χ0) is 14.4. The SMILES string of the molecule is CC/C=C(\C)S/C(Br)=C(\C)c1cccc([N+](=O)[O-])c1. The molecule has 0 spiro atoms. The standard InChI is InChI=1S/C14H16BrNO2S/c1-4-6-10(2)19-14(15)11(3)12-7-5-8-13(9-12)16(17)18/h5-9H,4H2,1-3H3/b10-6+,14-11+. The van der Waals surface area contributed by atoms with Crippen LogP contribution in [0.3, 0.4) is 0 Å². The second kappa shape index (κ2) is 7.50. The summed E-state index contributed by atoms with van der Waals surface area (Å²) < 4.78 is 0.982. The van der Waals surface area contributed by atoms with E-state index in [0.29, 0.717) is 0 Å². The minimum atomic E-state index is -0.375. The van der Waals surface area contributed by atoms with E-state index < -0.39 is 0 Å². The Bertz CT molecular complexity index is 538. The maximum absolute atomic E-state index is 10.8. The van der Waals surface area contributed by atoms with Crippen LogP contribution in [-0.2, 0) is 0 Å². The average Bonchev–Trinajstić information content (AvgIpc) is 2.38. The van der Waals surface area contributed by atoms with Gasteiger partial charge in [0.15, 0.2) is 0 Å². The first kappa shape index (κ1) is 16.0. The number of benzene rings is 1. The second-order valence-corrected chi connectivity index (χ2v) is 6.61. The molecule has 0 N–H and O–H groups in total. The summed E-state index contributed by atoms with van der Waals surface area (Å²) in [5.74, 6) is 0. The van der Waals surface area contributed by atoms with E-state index in [1.54, 1.807) is 23.9 Å². The molecule has 1 rings (SSSR count). The van der Waals surface area contributed by atoms with Gasteiger partial charge in [-0.15, -0.1) is 0 Å². The van der Waals surface area contributed by atoms with Crippen LogP contribution in [0.1, 0.15) is 32.8 Å². The largest absolute Gasteiger partial charge is 0.270 e. The van der Waals surface area contributed by atoms with E-state index in [4.69, 9.17) is 0 Å². The molecule has 0 atom stereocenters. The van der Waals surface area contributed by atoms with Gasteiger partial charge in [0.05, 0.1) is 8.74 Å². The average molecular weight is 342 g/mol. The highest BCUT2D eigenvalue weighted by atomic mass is 79.9. The molecule has 3 nitrogen and oxygen atoms in total. The number of nitrogens with zero attached hydrogens (tertiary/aromatic N) is 1. The second-order valence-electron chi connectivity index (χ2n) is 4.03. The molecule has 0 radical (unpaired) electrons. The maximum atomic E-state index is 10.8. The lowest BCUT2D eigenvalue weighted by atomic mass is 10.1. The molecule has 19 heavy (non-hydrogen) atoms. The van der Waals surface area contributed by atoms with Gasteiger partial charge in [0.1, 0.15) is 0 Å². The van der Waals surface area contributed by atoms with Crippen molar-refractivity contribution in [2.45, 2.75) is 27.2 Å². The molecule has 0 heterocycles. The van der Waals surface area contributed by atoms with Crippen molar-refractivity contribution in [3.05, 3.63) is 54.7 Å². The number of nitro groups is 1. The minimum Gasteiger partial charge on any atom is -0.258 e. The van der Waals surface area contributed by atoms with Gasteiger partial charge in [-0.1, -0.05) is 36.9 Å². The van der Waals surface area contributed by atoms with E-state index in [1.165, 1.54) is 11.0 Å². The topological polar surface area (TPSA) is 43.1 Å². The van der Waals surface area contributed by atoms with Gasteiger partial charge in [0.2, 0.25) is 0 Å². The fourth-order valence-electron chi connectivity index (χ4n) is 1.51. The summed E-state index contributed by atoms with van der Waals surface area (Å²) in [5, 5.41) is 10.8. The van der Waals surface area contributed by atoms with E-state index in [1.807, 2.05) is 13.0 Å².